The summed E-state index contributed by atoms with van der Waals surface area (Å²) in [5.74, 6) is -1.10. The molecule has 0 bridgehead atoms. The quantitative estimate of drug-likeness (QED) is 0.0201. The minimum Gasteiger partial charge on any atom is -0.462 e. The summed E-state index contributed by atoms with van der Waals surface area (Å²) < 4.78 is 16.6. The predicted molar refractivity (Wildman–Crippen MR) is 251 cm³/mol. The zero-order chi connectivity index (χ0) is 43.0. The van der Waals surface area contributed by atoms with Crippen LogP contribution in [0.25, 0.3) is 0 Å². The van der Waals surface area contributed by atoms with Crippen molar-refractivity contribution >= 4 is 17.9 Å². The third-order valence-electron chi connectivity index (χ3n) is 9.74. The number of hydrogen-bond donors (Lipinski definition) is 0. The molecule has 1 unspecified atom stereocenters. The molecule has 0 aliphatic rings. The van der Waals surface area contributed by atoms with E-state index in [2.05, 4.69) is 57.2 Å². The fraction of sp³-hybridized carbons (Fsp3) is 0.642. The van der Waals surface area contributed by atoms with Gasteiger partial charge in [-0.05, 0) is 51.4 Å². The van der Waals surface area contributed by atoms with Gasteiger partial charge in [-0.1, -0.05) is 227 Å². The average Bonchev–Trinajstić information content (AvgIpc) is 3.23. The summed E-state index contributed by atoms with van der Waals surface area (Å²) in [5.41, 5.74) is 0. The largest absolute Gasteiger partial charge is 0.462 e. The standard InChI is InChI=1S/C53H86O6/c1-4-7-10-13-16-19-21-23-25-26-28-29-31-34-37-40-43-46-52(55)58-49-50(48-57-51(54)45-42-39-36-33-18-15-12-9-6-3)59-53(56)47-44-41-38-35-32-30-27-24-22-20-17-14-11-8-5-2/h8-9,11-12,14,17-18,20,22,24,27,30,32-33,39,42,50H,4-7,10,13,15-16,19,21,23,25-26,28-29,31,34-38,40-41,43-49H2,1-3H3/b11-8-,12-9-,17-14-,22-20-,27-24-,32-30-,33-18-,42-39-. The minimum atomic E-state index is -0.832. The highest BCUT2D eigenvalue weighted by molar-refractivity contribution is 5.72. The van der Waals surface area contributed by atoms with Crippen molar-refractivity contribution in [3.63, 3.8) is 0 Å². The molecule has 0 heterocycles. The summed E-state index contributed by atoms with van der Waals surface area (Å²) in [4.78, 5) is 37.7. The van der Waals surface area contributed by atoms with Gasteiger partial charge in [0.05, 0.1) is 6.42 Å². The molecule has 0 aromatic carbocycles. The predicted octanol–water partition coefficient (Wildman–Crippen LogP) is 15.4. The zero-order valence-corrected chi connectivity index (χ0v) is 38.0. The smallest absolute Gasteiger partial charge is 0.309 e. The number of unbranched alkanes of at least 4 members (excludes halogenated alkanes) is 19. The number of carbonyl (C=O) groups is 3. The first-order valence-electron chi connectivity index (χ1n) is 23.8. The Hall–Kier alpha value is -3.67. The van der Waals surface area contributed by atoms with Gasteiger partial charge < -0.3 is 14.2 Å². The highest BCUT2D eigenvalue weighted by Crippen LogP contribution is 2.15. The first kappa shape index (κ1) is 55.3. The van der Waals surface area contributed by atoms with Crippen molar-refractivity contribution in [3.05, 3.63) is 97.2 Å². The van der Waals surface area contributed by atoms with Gasteiger partial charge in [0.15, 0.2) is 6.10 Å². The van der Waals surface area contributed by atoms with E-state index in [-0.39, 0.29) is 38.0 Å². The fourth-order valence-electron chi connectivity index (χ4n) is 6.23. The third-order valence-corrected chi connectivity index (χ3v) is 9.74. The summed E-state index contributed by atoms with van der Waals surface area (Å²) in [6.45, 7) is 6.23. The summed E-state index contributed by atoms with van der Waals surface area (Å²) in [6.07, 6.45) is 61.4. The number of rotatable bonds is 41. The first-order chi connectivity index (χ1) is 29.0. The number of esters is 3. The van der Waals surface area contributed by atoms with Crippen LogP contribution in [0.5, 0.6) is 0 Å². The van der Waals surface area contributed by atoms with E-state index < -0.39 is 12.1 Å². The Balaban J connectivity index is 4.46. The maximum atomic E-state index is 12.7. The number of hydrogen-bond acceptors (Lipinski definition) is 6. The monoisotopic (exact) mass is 819 g/mol. The lowest BCUT2D eigenvalue weighted by Gasteiger charge is -2.18. The van der Waals surface area contributed by atoms with E-state index in [4.69, 9.17) is 14.2 Å². The lowest BCUT2D eigenvalue weighted by Crippen LogP contribution is -2.30. The Morgan fingerprint density at radius 1 is 0.390 bits per heavy atom. The van der Waals surface area contributed by atoms with Gasteiger partial charge in [0.1, 0.15) is 13.2 Å². The van der Waals surface area contributed by atoms with Crippen molar-refractivity contribution in [2.75, 3.05) is 13.2 Å². The SMILES string of the molecule is CC\C=C/C=C\C=C/C=C\C=C/CCCCCC(=O)OC(COC(=O)C/C=C\C/C=C\C/C=C\CC)COC(=O)CCCCCCCCCCCCCCCCCCC. The molecule has 0 saturated heterocycles. The molecule has 0 aromatic rings. The molecule has 0 aliphatic heterocycles. The maximum Gasteiger partial charge on any atom is 0.309 e. The van der Waals surface area contributed by atoms with E-state index in [1.807, 2.05) is 54.7 Å². The molecule has 0 aliphatic carbocycles. The Kier molecular flexibility index (Phi) is 44.1. The summed E-state index contributed by atoms with van der Waals surface area (Å²) in [7, 11) is 0. The molecule has 1 atom stereocenters. The van der Waals surface area contributed by atoms with Gasteiger partial charge >= 0.3 is 17.9 Å². The van der Waals surface area contributed by atoms with E-state index in [9.17, 15) is 14.4 Å². The molecule has 0 aromatic heterocycles. The fourth-order valence-corrected chi connectivity index (χ4v) is 6.23. The minimum absolute atomic E-state index is 0.121. The lowest BCUT2D eigenvalue weighted by atomic mass is 10.0. The second kappa shape index (κ2) is 47.0. The molecule has 6 heteroatoms. The number of allylic oxidation sites excluding steroid dienone is 15. The van der Waals surface area contributed by atoms with E-state index in [1.54, 1.807) is 6.08 Å². The highest BCUT2D eigenvalue weighted by Gasteiger charge is 2.19. The van der Waals surface area contributed by atoms with Crippen LogP contribution in [0, 0.1) is 0 Å². The van der Waals surface area contributed by atoms with Crippen molar-refractivity contribution in [2.24, 2.45) is 0 Å². The van der Waals surface area contributed by atoms with Gasteiger partial charge in [-0.3, -0.25) is 14.4 Å². The Morgan fingerprint density at radius 3 is 1.32 bits per heavy atom. The molecular weight excluding hydrogens is 733 g/mol. The molecular formula is C53H86O6. The van der Waals surface area contributed by atoms with Crippen LogP contribution in [-0.2, 0) is 28.6 Å². The van der Waals surface area contributed by atoms with Crippen LogP contribution < -0.4 is 0 Å². The van der Waals surface area contributed by atoms with Crippen LogP contribution in [0.4, 0.5) is 0 Å². The zero-order valence-electron chi connectivity index (χ0n) is 38.0. The lowest BCUT2D eigenvalue weighted by molar-refractivity contribution is -0.166. The van der Waals surface area contributed by atoms with Gasteiger partial charge in [0.25, 0.3) is 0 Å². The van der Waals surface area contributed by atoms with Crippen LogP contribution in [0.2, 0.25) is 0 Å². The van der Waals surface area contributed by atoms with Crippen molar-refractivity contribution in [1.82, 2.24) is 0 Å². The highest BCUT2D eigenvalue weighted by atomic mass is 16.6. The van der Waals surface area contributed by atoms with Gasteiger partial charge in [-0.2, -0.15) is 0 Å². The van der Waals surface area contributed by atoms with E-state index in [0.717, 1.165) is 64.2 Å². The molecule has 59 heavy (non-hydrogen) atoms. The molecule has 0 radical (unpaired) electrons. The maximum absolute atomic E-state index is 12.7. The molecule has 334 valence electrons. The van der Waals surface area contributed by atoms with E-state index in [1.165, 1.54) is 89.9 Å². The Bertz CT molecular complexity index is 1220. The van der Waals surface area contributed by atoms with E-state index >= 15 is 0 Å². The summed E-state index contributed by atoms with van der Waals surface area (Å²) in [6, 6.07) is 0. The topological polar surface area (TPSA) is 78.9 Å². The molecule has 0 spiro atoms. The van der Waals surface area contributed by atoms with Crippen molar-refractivity contribution in [3.8, 4) is 0 Å². The van der Waals surface area contributed by atoms with Gasteiger partial charge in [0, 0.05) is 12.8 Å². The Morgan fingerprint density at radius 2 is 0.797 bits per heavy atom. The van der Waals surface area contributed by atoms with Gasteiger partial charge in [-0.25, -0.2) is 0 Å². The second-order valence-corrected chi connectivity index (χ2v) is 15.4. The molecule has 0 rings (SSSR count). The van der Waals surface area contributed by atoms with Gasteiger partial charge in [-0.15, -0.1) is 0 Å². The van der Waals surface area contributed by atoms with Crippen LogP contribution in [-0.4, -0.2) is 37.2 Å². The average molecular weight is 819 g/mol. The third kappa shape index (κ3) is 45.3. The summed E-state index contributed by atoms with van der Waals surface area (Å²) >= 11 is 0. The molecule has 6 nitrogen and oxygen atoms in total. The number of ether oxygens (including phenoxy) is 3. The molecule has 0 amide bonds. The van der Waals surface area contributed by atoms with Crippen LogP contribution in [0.1, 0.15) is 201 Å². The number of carbonyl (C=O) groups excluding carboxylic acids is 3. The normalized spacial score (nSPS) is 12.9. The molecule has 0 fully saturated rings. The van der Waals surface area contributed by atoms with Crippen LogP contribution in [0.3, 0.4) is 0 Å². The molecule has 0 N–H and O–H groups in total. The molecule has 0 saturated carbocycles. The van der Waals surface area contributed by atoms with E-state index in [0.29, 0.717) is 12.8 Å². The second-order valence-electron chi connectivity index (χ2n) is 15.4. The van der Waals surface area contributed by atoms with Crippen LogP contribution >= 0.6 is 0 Å². The van der Waals surface area contributed by atoms with Crippen LogP contribution in [0.15, 0.2) is 97.2 Å². The first-order valence-corrected chi connectivity index (χ1v) is 23.8. The van der Waals surface area contributed by atoms with Crippen molar-refractivity contribution in [2.45, 2.75) is 207 Å². The van der Waals surface area contributed by atoms with Gasteiger partial charge in [0.2, 0.25) is 0 Å². The van der Waals surface area contributed by atoms with Crippen molar-refractivity contribution < 1.29 is 28.6 Å². The summed E-state index contributed by atoms with van der Waals surface area (Å²) in [5, 5.41) is 0. The van der Waals surface area contributed by atoms with Crippen molar-refractivity contribution in [1.29, 1.82) is 0 Å². The Labute approximate surface area is 362 Å².